The molecule has 1 atom stereocenters. The van der Waals surface area contributed by atoms with Gasteiger partial charge in [-0.15, -0.1) is 0 Å². The Bertz CT molecular complexity index is 832. The number of H-pyrrole nitrogens is 1. The molecule has 1 heterocycles. The molecular formula is C24H31NO3. The summed E-state index contributed by atoms with van der Waals surface area (Å²) in [5, 5.41) is 0. The van der Waals surface area contributed by atoms with Gasteiger partial charge in [-0.25, -0.2) is 4.79 Å². The molecule has 150 valence electrons. The molecule has 1 N–H and O–H groups in total. The summed E-state index contributed by atoms with van der Waals surface area (Å²) >= 11 is 0. The Kier molecular flexibility index (Phi) is 6.71. The average molecular weight is 382 g/mol. The normalized spacial score (nSPS) is 16.1. The maximum Gasteiger partial charge on any atom is 0.355 e. The first-order chi connectivity index (χ1) is 13.5. The highest BCUT2D eigenvalue weighted by atomic mass is 16.5. The molecule has 0 radical (unpaired) electrons. The molecule has 1 aromatic heterocycles. The van der Waals surface area contributed by atoms with E-state index in [1.54, 1.807) is 0 Å². The number of ether oxygens (including phenoxy) is 1. The summed E-state index contributed by atoms with van der Waals surface area (Å²) < 4.78 is 5.42. The smallest absolute Gasteiger partial charge is 0.355 e. The van der Waals surface area contributed by atoms with Gasteiger partial charge in [0.1, 0.15) is 5.69 Å². The van der Waals surface area contributed by atoms with E-state index in [4.69, 9.17) is 4.74 Å². The van der Waals surface area contributed by atoms with Crippen LogP contribution in [0.1, 0.15) is 95.1 Å². The predicted octanol–water partition coefficient (Wildman–Crippen LogP) is 5.54. The van der Waals surface area contributed by atoms with Crippen LogP contribution >= 0.6 is 0 Å². The van der Waals surface area contributed by atoms with E-state index >= 15 is 0 Å². The van der Waals surface area contributed by atoms with Crippen molar-refractivity contribution in [2.75, 3.05) is 6.61 Å². The molecule has 4 nitrogen and oxygen atoms in total. The number of benzene rings is 1. The summed E-state index contributed by atoms with van der Waals surface area (Å²) in [4.78, 5) is 28.5. The fraction of sp³-hybridized carbons (Fsp3) is 0.500. The van der Waals surface area contributed by atoms with Gasteiger partial charge in [-0.05, 0) is 48.8 Å². The first kappa shape index (κ1) is 20.4. The number of aromatic nitrogens is 1. The number of unbranched alkanes of at least 4 members (excludes halogenated alkanes) is 3. The Balaban J connectivity index is 1.72. The first-order valence-corrected chi connectivity index (χ1v) is 10.6. The minimum Gasteiger partial charge on any atom is -0.461 e. The van der Waals surface area contributed by atoms with Crippen molar-refractivity contribution in [1.82, 2.24) is 4.98 Å². The lowest BCUT2D eigenvalue weighted by Gasteiger charge is -2.22. The van der Waals surface area contributed by atoms with Crippen molar-refractivity contribution < 1.29 is 14.3 Å². The van der Waals surface area contributed by atoms with Gasteiger partial charge in [0.25, 0.3) is 0 Å². The number of ketones is 1. The van der Waals surface area contributed by atoms with Crippen molar-refractivity contribution in [1.29, 1.82) is 0 Å². The molecule has 0 fully saturated rings. The molecule has 0 saturated carbocycles. The summed E-state index contributed by atoms with van der Waals surface area (Å²) in [6.07, 6.45) is 6.51. The quantitative estimate of drug-likeness (QED) is 0.483. The van der Waals surface area contributed by atoms with Gasteiger partial charge in [0.15, 0.2) is 5.78 Å². The van der Waals surface area contributed by atoms with E-state index in [0.29, 0.717) is 24.3 Å². The molecule has 1 aliphatic rings. The largest absolute Gasteiger partial charge is 0.461 e. The predicted molar refractivity (Wildman–Crippen MR) is 111 cm³/mol. The minimum absolute atomic E-state index is 0.113. The summed E-state index contributed by atoms with van der Waals surface area (Å²) in [6.45, 7) is 6.57. The molecular weight excluding hydrogens is 350 g/mol. The first-order valence-electron chi connectivity index (χ1n) is 10.6. The van der Waals surface area contributed by atoms with E-state index in [0.717, 1.165) is 49.8 Å². The zero-order chi connectivity index (χ0) is 20.1. The minimum atomic E-state index is -0.347. The van der Waals surface area contributed by atoms with Crippen molar-refractivity contribution in [3.05, 3.63) is 57.9 Å². The molecule has 1 aromatic carbocycles. The van der Waals surface area contributed by atoms with Crippen LogP contribution in [0.15, 0.2) is 24.3 Å². The Morgan fingerprint density at radius 2 is 1.86 bits per heavy atom. The van der Waals surface area contributed by atoms with Gasteiger partial charge < -0.3 is 9.72 Å². The molecule has 28 heavy (non-hydrogen) atoms. The number of rotatable bonds is 8. The summed E-state index contributed by atoms with van der Waals surface area (Å²) in [5.74, 6) is -0.0801. The number of aromatic amines is 1. The van der Waals surface area contributed by atoms with Crippen molar-refractivity contribution in [3.63, 3.8) is 0 Å². The molecule has 3 rings (SSSR count). The van der Waals surface area contributed by atoms with E-state index < -0.39 is 0 Å². The van der Waals surface area contributed by atoms with Crippen LogP contribution in [0.25, 0.3) is 0 Å². The third-order valence-electron chi connectivity index (χ3n) is 5.78. The number of hydrogen-bond acceptors (Lipinski definition) is 3. The highest BCUT2D eigenvalue weighted by molar-refractivity contribution is 6.03. The van der Waals surface area contributed by atoms with Crippen LogP contribution in [-0.4, -0.2) is 23.3 Å². The van der Waals surface area contributed by atoms with E-state index in [9.17, 15) is 9.59 Å². The second-order valence-electron chi connectivity index (χ2n) is 7.80. The van der Waals surface area contributed by atoms with Gasteiger partial charge in [-0.3, -0.25) is 4.79 Å². The average Bonchev–Trinajstić information content (AvgIpc) is 3.04. The van der Waals surface area contributed by atoms with Crippen LogP contribution in [0.3, 0.4) is 0 Å². The summed E-state index contributed by atoms with van der Waals surface area (Å²) in [5.41, 5.74) is 5.22. The lowest BCUT2D eigenvalue weighted by Crippen LogP contribution is -2.18. The SMILES string of the molecule is CCCCCCOC(=O)c1[nH]c2c(c1C)C(=O)C[C@H](c1ccc(CC)cc1)C2. The molecule has 0 spiro atoms. The van der Waals surface area contributed by atoms with E-state index in [-0.39, 0.29) is 17.7 Å². The van der Waals surface area contributed by atoms with Crippen LogP contribution < -0.4 is 0 Å². The maximum atomic E-state index is 12.8. The highest BCUT2D eigenvalue weighted by Gasteiger charge is 2.32. The number of carbonyl (C=O) groups excluding carboxylic acids is 2. The molecule has 0 bridgehead atoms. The van der Waals surface area contributed by atoms with Crippen molar-refractivity contribution >= 4 is 11.8 Å². The molecule has 0 unspecified atom stereocenters. The highest BCUT2D eigenvalue weighted by Crippen LogP contribution is 2.35. The topological polar surface area (TPSA) is 59.2 Å². The fourth-order valence-electron chi connectivity index (χ4n) is 4.06. The van der Waals surface area contributed by atoms with E-state index in [1.807, 2.05) is 6.92 Å². The van der Waals surface area contributed by atoms with Crippen LogP contribution in [0.4, 0.5) is 0 Å². The Labute approximate surface area is 167 Å². The zero-order valence-electron chi connectivity index (χ0n) is 17.3. The van der Waals surface area contributed by atoms with Gasteiger partial charge in [0.2, 0.25) is 0 Å². The zero-order valence-corrected chi connectivity index (χ0v) is 17.3. The molecule has 0 saturated heterocycles. The van der Waals surface area contributed by atoms with E-state index in [2.05, 4.69) is 43.1 Å². The fourth-order valence-corrected chi connectivity index (χ4v) is 4.06. The van der Waals surface area contributed by atoms with Gasteiger partial charge in [0, 0.05) is 17.7 Å². The molecule has 0 aliphatic heterocycles. The van der Waals surface area contributed by atoms with Gasteiger partial charge >= 0.3 is 5.97 Å². The van der Waals surface area contributed by atoms with Gasteiger partial charge in [-0.2, -0.15) is 0 Å². The molecule has 4 heteroatoms. The van der Waals surface area contributed by atoms with Crippen molar-refractivity contribution in [2.24, 2.45) is 0 Å². The van der Waals surface area contributed by atoms with Gasteiger partial charge in [-0.1, -0.05) is 57.4 Å². The Hall–Kier alpha value is -2.36. The summed E-state index contributed by atoms with van der Waals surface area (Å²) in [6, 6.07) is 8.53. The summed E-state index contributed by atoms with van der Waals surface area (Å²) in [7, 11) is 0. The number of esters is 1. The number of carbonyl (C=O) groups is 2. The molecule has 0 amide bonds. The van der Waals surface area contributed by atoms with E-state index in [1.165, 1.54) is 11.1 Å². The van der Waals surface area contributed by atoms with Crippen molar-refractivity contribution in [2.45, 2.75) is 71.6 Å². The third-order valence-corrected chi connectivity index (χ3v) is 5.78. The molecule has 1 aliphatic carbocycles. The number of aryl methyl sites for hydroxylation is 1. The van der Waals surface area contributed by atoms with Gasteiger partial charge in [0.05, 0.1) is 6.61 Å². The standard InChI is InChI=1S/C24H31NO3/c1-4-6-7-8-13-28-24(27)23-16(3)22-20(25-23)14-19(15-21(22)26)18-11-9-17(5-2)10-12-18/h9-12,19,25H,4-8,13-15H2,1-3H3/t19-/m1/s1. The Morgan fingerprint density at radius 1 is 1.11 bits per heavy atom. The monoisotopic (exact) mass is 381 g/mol. The lowest BCUT2D eigenvalue weighted by atomic mass is 9.81. The lowest BCUT2D eigenvalue weighted by molar-refractivity contribution is 0.0490. The maximum absolute atomic E-state index is 12.8. The van der Waals surface area contributed by atoms with Crippen LogP contribution in [-0.2, 0) is 17.6 Å². The Morgan fingerprint density at radius 3 is 2.54 bits per heavy atom. The van der Waals surface area contributed by atoms with Crippen LogP contribution in [0.5, 0.6) is 0 Å². The second kappa shape index (κ2) is 9.22. The number of fused-ring (bicyclic) bond motifs is 1. The second-order valence-corrected chi connectivity index (χ2v) is 7.80. The van der Waals surface area contributed by atoms with Crippen LogP contribution in [0, 0.1) is 6.92 Å². The number of Topliss-reactive ketones (excluding diaryl/α,β-unsaturated/α-hetero) is 1. The number of hydrogen-bond donors (Lipinski definition) is 1. The number of nitrogens with one attached hydrogen (secondary N) is 1. The molecule has 2 aromatic rings. The van der Waals surface area contributed by atoms with Crippen LogP contribution in [0.2, 0.25) is 0 Å². The third kappa shape index (κ3) is 4.37. The van der Waals surface area contributed by atoms with Crippen molar-refractivity contribution in [3.8, 4) is 0 Å².